The number of benzene rings is 1. The van der Waals surface area contributed by atoms with Gasteiger partial charge in [-0.15, -0.1) is 0 Å². The Labute approximate surface area is 133 Å². The Morgan fingerprint density at radius 1 is 1.41 bits per heavy atom. The standard InChI is InChI=1S/C16H17ClN2O3/c1-9-2-3-11(16(20)21)12(8-9)13-14(17)19-15(18-13)10-4-6-22-7-5-10/h2-3,8,10H,4-7H2,1H3,(H,18,19)(H,20,21). The second-order valence-corrected chi connectivity index (χ2v) is 5.90. The first kappa shape index (κ1) is 15.1. The highest BCUT2D eigenvalue weighted by molar-refractivity contribution is 6.32. The summed E-state index contributed by atoms with van der Waals surface area (Å²) < 4.78 is 5.36. The fourth-order valence-electron chi connectivity index (χ4n) is 2.75. The summed E-state index contributed by atoms with van der Waals surface area (Å²) in [5.74, 6) is 0.0981. The molecule has 0 bridgehead atoms. The summed E-state index contributed by atoms with van der Waals surface area (Å²) in [6.45, 7) is 3.33. The number of halogens is 1. The van der Waals surface area contributed by atoms with E-state index in [0.717, 1.165) is 24.2 Å². The van der Waals surface area contributed by atoms with E-state index in [4.69, 9.17) is 16.3 Å². The molecule has 1 aliphatic rings. The molecule has 0 unspecified atom stereocenters. The van der Waals surface area contributed by atoms with E-state index in [2.05, 4.69) is 9.97 Å². The van der Waals surface area contributed by atoms with Crippen LogP contribution in [0.3, 0.4) is 0 Å². The number of nitrogens with zero attached hydrogens (tertiary/aromatic N) is 1. The molecule has 0 aliphatic carbocycles. The topological polar surface area (TPSA) is 75.2 Å². The first-order chi connectivity index (χ1) is 10.6. The maximum Gasteiger partial charge on any atom is 0.336 e. The van der Waals surface area contributed by atoms with Gasteiger partial charge in [0.1, 0.15) is 16.7 Å². The quantitative estimate of drug-likeness (QED) is 0.905. The van der Waals surface area contributed by atoms with Crippen molar-refractivity contribution in [3.8, 4) is 11.3 Å². The zero-order chi connectivity index (χ0) is 15.7. The highest BCUT2D eigenvalue weighted by Crippen LogP contribution is 2.33. The third-order valence-corrected chi connectivity index (χ3v) is 4.22. The fourth-order valence-corrected chi connectivity index (χ4v) is 2.99. The molecule has 1 aromatic carbocycles. The van der Waals surface area contributed by atoms with E-state index in [1.807, 2.05) is 6.92 Å². The molecule has 5 nitrogen and oxygen atoms in total. The largest absolute Gasteiger partial charge is 0.478 e. The number of aryl methyl sites for hydroxylation is 1. The highest BCUT2D eigenvalue weighted by atomic mass is 35.5. The number of H-pyrrole nitrogens is 1. The number of carbonyl (C=O) groups is 1. The predicted octanol–water partition coefficient (Wildman–Crippen LogP) is 3.63. The first-order valence-electron chi connectivity index (χ1n) is 7.23. The second kappa shape index (κ2) is 6.10. The van der Waals surface area contributed by atoms with Gasteiger partial charge in [0.05, 0.1) is 5.56 Å². The number of imidazole rings is 1. The molecule has 0 amide bonds. The Balaban J connectivity index is 2.03. The van der Waals surface area contributed by atoms with Crippen LogP contribution in [0.1, 0.15) is 40.5 Å². The van der Waals surface area contributed by atoms with Gasteiger partial charge in [0.25, 0.3) is 0 Å². The van der Waals surface area contributed by atoms with Gasteiger partial charge in [0.2, 0.25) is 0 Å². The van der Waals surface area contributed by atoms with Crippen molar-refractivity contribution in [2.45, 2.75) is 25.7 Å². The smallest absolute Gasteiger partial charge is 0.336 e. The van der Waals surface area contributed by atoms with Gasteiger partial charge in [0, 0.05) is 24.7 Å². The summed E-state index contributed by atoms with van der Waals surface area (Å²) >= 11 is 6.29. The van der Waals surface area contributed by atoms with E-state index < -0.39 is 5.97 Å². The molecule has 0 radical (unpaired) electrons. The summed E-state index contributed by atoms with van der Waals surface area (Å²) in [5, 5.41) is 9.75. The third-order valence-electron chi connectivity index (χ3n) is 3.95. The molecule has 1 aliphatic heterocycles. The van der Waals surface area contributed by atoms with Crippen LogP contribution < -0.4 is 0 Å². The Kier molecular flexibility index (Phi) is 4.18. The second-order valence-electron chi connectivity index (χ2n) is 5.53. The van der Waals surface area contributed by atoms with Gasteiger partial charge in [-0.2, -0.15) is 0 Å². The summed E-state index contributed by atoms with van der Waals surface area (Å²) in [6, 6.07) is 5.16. The molecule has 1 saturated heterocycles. The van der Waals surface area contributed by atoms with E-state index in [1.54, 1.807) is 18.2 Å². The van der Waals surface area contributed by atoms with Gasteiger partial charge >= 0.3 is 5.97 Å². The monoisotopic (exact) mass is 320 g/mol. The normalized spacial score (nSPS) is 15.9. The highest BCUT2D eigenvalue weighted by Gasteiger charge is 2.23. The number of hydrogen-bond donors (Lipinski definition) is 2. The van der Waals surface area contributed by atoms with Crippen molar-refractivity contribution in [2.24, 2.45) is 0 Å². The minimum absolute atomic E-state index is 0.206. The number of ether oxygens (including phenoxy) is 1. The van der Waals surface area contributed by atoms with Gasteiger partial charge in [-0.25, -0.2) is 9.78 Å². The van der Waals surface area contributed by atoms with Gasteiger partial charge in [-0.05, 0) is 31.9 Å². The predicted molar refractivity (Wildman–Crippen MR) is 83.5 cm³/mol. The minimum atomic E-state index is -0.985. The lowest BCUT2D eigenvalue weighted by atomic mass is 9.99. The molecular weight excluding hydrogens is 304 g/mol. The minimum Gasteiger partial charge on any atom is -0.478 e. The van der Waals surface area contributed by atoms with Crippen molar-refractivity contribution in [1.29, 1.82) is 0 Å². The zero-order valence-electron chi connectivity index (χ0n) is 12.2. The average Bonchev–Trinajstić information content (AvgIpc) is 2.89. The molecule has 0 spiro atoms. The maximum atomic E-state index is 11.4. The van der Waals surface area contributed by atoms with Crippen LogP contribution in [-0.2, 0) is 4.74 Å². The lowest BCUT2D eigenvalue weighted by molar-refractivity contribution is 0.0697. The molecule has 116 valence electrons. The summed E-state index contributed by atoms with van der Waals surface area (Å²) in [6.07, 6.45) is 1.78. The summed E-state index contributed by atoms with van der Waals surface area (Å²) in [7, 11) is 0. The van der Waals surface area contributed by atoms with E-state index in [-0.39, 0.29) is 11.5 Å². The number of aromatic nitrogens is 2. The van der Waals surface area contributed by atoms with Gasteiger partial charge < -0.3 is 14.8 Å². The van der Waals surface area contributed by atoms with E-state index in [1.165, 1.54) is 0 Å². The van der Waals surface area contributed by atoms with Crippen LogP contribution >= 0.6 is 11.6 Å². The van der Waals surface area contributed by atoms with Crippen molar-refractivity contribution >= 4 is 17.6 Å². The molecule has 3 rings (SSSR count). The number of rotatable bonds is 3. The molecule has 1 fully saturated rings. The lowest BCUT2D eigenvalue weighted by Gasteiger charge is -2.19. The van der Waals surface area contributed by atoms with Crippen molar-refractivity contribution in [1.82, 2.24) is 9.97 Å². The number of hydrogen-bond acceptors (Lipinski definition) is 3. The summed E-state index contributed by atoms with van der Waals surface area (Å²) in [5.41, 5.74) is 2.22. The van der Waals surface area contributed by atoms with Crippen molar-refractivity contribution < 1.29 is 14.6 Å². The SMILES string of the molecule is Cc1ccc(C(=O)O)c(-c2nc(C3CCOCC3)[nH]c2Cl)c1. The van der Waals surface area contributed by atoms with E-state index >= 15 is 0 Å². The first-order valence-corrected chi connectivity index (χ1v) is 7.61. The number of aromatic carboxylic acids is 1. The number of carboxylic acids is 1. The fraction of sp³-hybridized carbons (Fsp3) is 0.375. The molecule has 2 heterocycles. The Morgan fingerprint density at radius 2 is 2.14 bits per heavy atom. The Bertz CT molecular complexity index is 705. The van der Waals surface area contributed by atoms with Crippen LogP contribution in [0.2, 0.25) is 5.15 Å². The van der Waals surface area contributed by atoms with Crippen molar-refractivity contribution in [3.05, 3.63) is 40.3 Å². The van der Waals surface area contributed by atoms with Crippen LogP contribution in [0.15, 0.2) is 18.2 Å². The van der Waals surface area contributed by atoms with Gasteiger partial charge in [-0.3, -0.25) is 0 Å². The van der Waals surface area contributed by atoms with Crippen LogP contribution in [0.4, 0.5) is 0 Å². The van der Waals surface area contributed by atoms with E-state index in [0.29, 0.717) is 29.6 Å². The van der Waals surface area contributed by atoms with Crippen molar-refractivity contribution in [2.75, 3.05) is 13.2 Å². The molecule has 0 atom stereocenters. The van der Waals surface area contributed by atoms with Crippen LogP contribution in [-0.4, -0.2) is 34.3 Å². The molecule has 22 heavy (non-hydrogen) atoms. The van der Waals surface area contributed by atoms with Crippen LogP contribution in [0.25, 0.3) is 11.3 Å². The Hall–Kier alpha value is -1.85. The molecule has 2 N–H and O–H groups in total. The molecule has 2 aromatic rings. The van der Waals surface area contributed by atoms with Crippen LogP contribution in [0.5, 0.6) is 0 Å². The Morgan fingerprint density at radius 3 is 2.82 bits per heavy atom. The molecule has 1 aromatic heterocycles. The van der Waals surface area contributed by atoms with Crippen molar-refractivity contribution in [3.63, 3.8) is 0 Å². The zero-order valence-corrected chi connectivity index (χ0v) is 13.0. The van der Waals surface area contributed by atoms with Crippen LogP contribution in [0, 0.1) is 6.92 Å². The molecule has 0 saturated carbocycles. The molecule has 6 heteroatoms. The average molecular weight is 321 g/mol. The number of carboxylic acid groups (broad SMARTS) is 1. The number of aromatic amines is 1. The maximum absolute atomic E-state index is 11.4. The van der Waals surface area contributed by atoms with Gasteiger partial charge in [-0.1, -0.05) is 23.2 Å². The lowest BCUT2D eigenvalue weighted by Crippen LogP contribution is -2.15. The third kappa shape index (κ3) is 2.87. The molecular formula is C16H17ClN2O3. The van der Waals surface area contributed by atoms with Gasteiger partial charge in [0.15, 0.2) is 0 Å². The van der Waals surface area contributed by atoms with E-state index in [9.17, 15) is 9.90 Å². The summed E-state index contributed by atoms with van der Waals surface area (Å²) in [4.78, 5) is 19.1. The number of nitrogens with one attached hydrogen (secondary N) is 1.